The van der Waals surface area contributed by atoms with Crippen LogP contribution >= 0.6 is 15.9 Å². The molecule has 20 heavy (non-hydrogen) atoms. The molecule has 0 radical (unpaired) electrons. The number of carbonyl (C=O) groups is 1. The van der Waals surface area contributed by atoms with Gasteiger partial charge in [-0.1, -0.05) is 28.1 Å². The summed E-state index contributed by atoms with van der Waals surface area (Å²) in [6.45, 7) is 1.52. The van der Waals surface area contributed by atoms with E-state index in [0.717, 1.165) is 17.3 Å². The van der Waals surface area contributed by atoms with Gasteiger partial charge in [0.1, 0.15) is 0 Å². The van der Waals surface area contributed by atoms with Gasteiger partial charge < -0.3 is 14.8 Å². The summed E-state index contributed by atoms with van der Waals surface area (Å²) in [5, 5.41) is 3.13. The molecule has 1 amide bonds. The number of carbonyl (C=O) groups excluding carboxylic acids is 1. The minimum Gasteiger partial charge on any atom is -0.382 e. The molecular formula is C15H20BrNO3. The first-order valence-electron chi connectivity index (χ1n) is 6.80. The van der Waals surface area contributed by atoms with E-state index in [1.54, 1.807) is 7.11 Å². The topological polar surface area (TPSA) is 47.6 Å². The van der Waals surface area contributed by atoms with Crippen molar-refractivity contribution < 1.29 is 14.3 Å². The minimum atomic E-state index is -0.159. The van der Waals surface area contributed by atoms with Gasteiger partial charge in [0.05, 0.1) is 25.4 Å². The van der Waals surface area contributed by atoms with Crippen molar-refractivity contribution in [3.05, 3.63) is 34.3 Å². The van der Waals surface area contributed by atoms with E-state index in [-0.39, 0.29) is 11.4 Å². The van der Waals surface area contributed by atoms with Crippen LogP contribution in [0.15, 0.2) is 28.7 Å². The van der Waals surface area contributed by atoms with Gasteiger partial charge in [-0.3, -0.25) is 4.79 Å². The number of nitrogens with one attached hydrogen (secondary N) is 1. The van der Waals surface area contributed by atoms with Gasteiger partial charge in [-0.2, -0.15) is 0 Å². The first-order chi connectivity index (χ1) is 9.66. The van der Waals surface area contributed by atoms with Gasteiger partial charge in [-0.15, -0.1) is 0 Å². The van der Waals surface area contributed by atoms with E-state index in [0.29, 0.717) is 26.2 Å². The van der Waals surface area contributed by atoms with Crippen molar-refractivity contribution in [2.45, 2.75) is 24.8 Å². The molecule has 0 aliphatic heterocycles. The number of methoxy groups -OCH3 is 1. The van der Waals surface area contributed by atoms with E-state index >= 15 is 0 Å². The molecule has 1 saturated carbocycles. The zero-order valence-corrected chi connectivity index (χ0v) is 13.2. The molecule has 0 heterocycles. The molecule has 5 heteroatoms. The number of ether oxygens (including phenoxy) is 2. The van der Waals surface area contributed by atoms with Crippen LogP contribution < -0.4 is 5.32 Å². The van der Waals surface area contributed by atoms with Crippen LogP contribution in [-0.2, 0) is 19.8 Å². The van der Waals surface area contributed by atoms with Crippen molar-refractivity contribution in [1.82, 2.24) is 5.32 Å². The van der Waals surface area contributed by atoms with Crippen molar-refractivity contribution in [3.63, 3.8) is 0 Å². The second-order valence-corrected chi connectivity index (χ2v) is 5.91. The number of benzene rings is 1. The monoisotopic (exact) mass is 341 g/mol. The van der Waals surface area contributed by atoms with Gasteiger partial charge >= 0.3 is 0 Å². The molecule has 110 valence electrons. The Balaban J connectivity index is 1.79. The smallest absolute Gasteiger partial charge is 0.223 e. The molecule has 1 aromatic rings. The predicted molar refractivity (Wildman–Crippen MR) is 80.5 cm³/mol. The molecule has 0 saturated heterocycles. The summed E-state index contributed by atoms with van der Waals surface area (Å²) in [4.78, 5) is 12.0. The van der Waals surface area contributed by atoms with Gasteiger partial charge in [-0.25, -0.2) is 0 Å². The zero-order valence-electron chi connectivity index (χ0n) is 11.7. The third-order valence-electron chi connectivity index (χ3n) is 3.41. The summed E-state index contributed by atoms with van der Waals surface area (Å²) >= 11 is 3.47. The van der Waals surface area contributed by atoms with Crippen molar-refractivity contribution >= 4 is 21.8 Å². The highest BCUT2D eigenvalue weighted by Crippen LogP contribution is 2.46. The number of hydrogen-bond donors (Lipinski definition) is 1. The summed E-state index contributed by atoms with van der Waals surface area (Å²) in [6.07, 6.45) is 2.39. The Kier molecular flexibility index (Phi) is 5.57. The summed E-state index contributed by atoms with van der Waals surface area (Å²) in [6, 6.07) is 8.13. The lowest BCUT2D eigenvalue weighted by Gasteiger charge is -2.18. The Labute approximate surface area is 128 Å². The number of hydrogen-bond acceptors (Lipinski definition) is 3. The molecule has 0 aromatic heterocycles. The van der Waals surface area contributed by atoms with E-state index in [2.05, 4.69) is 33.4 Å². The third kappa shape index (κ3) is 4.30. The summed E-state index contributed by atoms with van der Waals surface area (Å²) in [5.74, 6) is 0.0416. The second kappa shape index (κ2) is 7.20. The van der Waals surface area contributed by atoms with Crippen molar-refractivity contribution in [2.24, 2.45) is 0 Å². The van der Waals surface area contributed by atoms with E-state index in [9.17, 15) is 4.79 Å². The Morgan fingerprint density at radius 3 is 2.80 bits per heavy atom. The van der Waals surface area contributed by atoms with Gasteiger partial charge in [0, 0.05) is 18.0 Å². The minimum absolute atomic E-state index is 0.0416. The molecular weight excluding hydrogens is 322 g/mol. The van der Waals surface area contributed by atoms with Crippen LogP contribution in [-0.4, -0.2) is 32.8 Å². The van der Waals surface area contributed by atoms with Crippen molar-refractivity contribution in [2.75, 3.05) is 26.9 Å². The maximum atomic E-state index is 12.0. The van der Waals surface area contributed by atoms with E-state index < -0.39 is 0 Å². The van der Waals surface area contributed by atoms with Gasteiger partial charge in [0.2, 0.25) is 5.91 Å². The lowest BCUT2D eigenvalue weighted by Crippen LogP contribution is -2.35. The average molecular weight is 342 g/mol. The maximum absolute atomic E-state index is 12.0. The van der Waals surface area contributed by atoms with E-state index in [4.69, 9.17) is 9.47 Å². The summed E-state index contributed by atoms with van der Waals surface area (Å²) < 4.78 is 11.2. The van der Waals surface area contributed by atoms with Crippen molar-refractivity contribution in [3.8, 4) is 0 Å². The van der Waals surface area contributed by atoms with Crippen LogP contribution in [0, 0.1) is 0 Å². The van der Waals surface area contributed by atoms with Crippen LogP contribution in [0.3, 0.4) is 0 Å². The highest BCUT2D eigenvalue weighted by Gasteiger charge is 2.45. The standard InChI is InChI=1S/C15H20BrNO3/c1-19-9-10-20-8-5-14(18)17-15(6-7-15)12-3-2-4-13(16)11-12/h2-4,11H,5-10H2,1H3,(H,17,18). The number of rotatable bonds is 8. The molecule has 1 aliphatic carbocycles. The fourth-order valence-electron chi connectivity index (χ4n) is 2.14. The zero-order chi connectivity index (χ0) is 14.4. The highest BCUT2D eigenvalue weighted by atomic mass is 79.9. The average Bonchev–Trinajstić information content (AvgIpc) is 3.19. The SMILES string of the molecule is COCCOCCC(=O)NC1(c2cccc(Br)c2)CC1. The van der Waals surface area contributed by atoms with E-state index in [1.807, 2.05) is 12.1 Å². The third-order valence-corrected chi connectivity index (χ3v) is 3.90. The number of amides is 1. The quantitative estimate of drug-likeness (QED) is 0.739. The normalized spacial score (nSPS) is 15.9. The first kappa shape index (κ1) is 15.5. The Hall–Kier alpha value is -0.910. The van der Waals surface area contributed by atoms with Crippen LogP contribution in [0.1, 0.15) is 24.8 Å². The predicted octanol–water partition coefficient (Wildman–Crippen LogP) is 2.61. The van der Waals surface area contributed by atoms with Crippen LogP contribution in [0.2, 0.25) is 0 Å². The molecule has 1 fully saturated rings. The fourth-order valence-corrected chi connectivity index (χ4v) is 2.53. The van der Waals surface area contributed by atoms with Crippen LogP contribution in [0.4, 0.5) is 0 Å². The van der Waals surface area contributed by atoms with Gasteiger partial charge in [0.25, 0.3) is 0 Å². The molecule has 1 aromatic carbocycles. The molecule has 0 unspecified atom stereocenters. The van der Waals surface area contributed by atoms with Gasteiger partial charge in [-0.05, 0) is 30.5 Å². The molecule has 0 spiro atoms. The van der Waals surface area contributed by atoms with Crippen molar-refractivity contribution in [1.29, 1.82) is 0 Å². The number of halogens is 1. The maximum Gasteiger partial charge on any atom is 0.223 e. The molecule has 2 rings (SSSR count). The van der Waals surface area contributed by atoms with Crippen LogP contribution in [0.5, 0.6) is 0 Å². The Bertz CT molecular complexity index is 460. The molecule has 1 N–H and O–H groups in total. The highest BCUT2D eigenvalue weighted by molar-refractivity contribution is 9.10. The molecule has 4 nitrogen and oxygen atoms in total. The fraction of sp³-hybridized carbons (Fsp3) is 0.533. The Morgan fingerprint density at radius 2 is 2.15 bits per heavy atom. The summed E-state index contributed by atoms with van der Waals surface area (Å²) in [7, 11) is 1.63. The first-order valence-corrected chi connectivity index (χ1v) is 7.59. The largest absolute Gasteiger partial charge is 0.382 e. The lowest BCUT2D eigenvalue weighted by molar-refractivity contribution is -0.123. The molecule has 0 bridgehead atoms. The van der Waals surface area contributed by atoms with E-state index in [1.165, 1.54) is 5.56 Å². The molecule has 0 atom stereocenters. The van der Waals surface area contributed by atoms with Gasteiger partial charge in [0.15, 0.2) is 0 Å². The summed E-state index contributed by atoms with van der Waals surface area (Å²) in [5.41, 5.74) is 1.01. The Morgan fingerprint density at radius 1 is 1.35 bits per heavy atom. The molecule has 1 aliphatic rings. The van der Waals surface area contributed by atoms with Crippen LogP contribution in [0.25, 0.3) is 0 Å². The second-order valence-electron chi connectivity index (χ2n) is 5.00. The lowest BCUT2D eigenvalue weighted by atomic mass is 10.0.